The van der Waals surface area contributed by atoms with E-state index in [0.717, 1.165) is 17.7 Å². The summed E-state index contributed by atoms with van der Waals surface area (Å²) in [6, 6.07) is 4.13. The average molecular weight is 278 g/mol. The van der Waals surface area contributed by atoms with E-state index in [0.29, 0.717) is 18.5 Å². The van der Waals surface area contributed by atoms with Gasteiger partial charge in [0.25, 0.3) is 0 Å². The summed E-state index contributed by atoms with van der Waals surface area (Å²) in [5.74, 6) is 0.364. The molecule has 1 aromatic carbocycles. The third kappa shape index (κ3) is 2.83. The minimum absolute atomic E-state index is 0.0799. The standard InChI is InChI=1S/C17H27FN2/c1-11(2)19-10-13-7-14-12(3)9-17(4,5)20(6)16(14)8-15(13)18/h7-8,11-12,19H,9-10H2,1-6H3/t12-/m0/s1. The zero-order chi connectivity index (χ0) is 15.1. The summed E-state index contributed by atoms with van der Waals surface area (Å²) in [7, 11) is 2.07. The number of rotatable bonds is 3. The Balaban J connectivity index is 2.38. The Morgan fingerprint density at radius 2 is 2.05 bits per heavy atom. The topological polar surface area (TPSA) is 15.3 Å². The first-order valence-electron chi connectivity index (χ1n) is 7.52. The second-order valence-corrected chi connectivity index (χ2v) is 7.01. The van der Waals surface area contributed by atoms with Gasteiger partial charge < -0.3 is 10.2 Å². The summed E-state index contributed by atoms with van der Waals surface area (Å²) in [6.45, 7) is 11.4. The highest BCUT2D eigenvalue weighted by Gasteiger charge is 2.34. The van der Waals surface area contributed by atoms with Gasteiger partial charge in [-0.3, -0.25) is 0 Å². The largest absolute Gasteiger partial charge is 0.369 e. The van der Waals surface area contributed by atoms with Crippen molar-refractivity contribution in [2.24, 2.45) is 0 Å². The van der Waals surface area contributed by atoms with E-state index in [9.17, 15) is 4.39 Å². The highest BCUT2D eigenvalue weighted by molar-refractivity contribution is 5.60. The van der Waals surface area contributed by atoms with Crippen molar-refractivity contribution in [3.63, 3.8) is 0 Å². The SMILES string of the molecule is CC(C)NCc1cc2c(cc1F)N(C)C(C)(C)C[C@@H]2C. The molecule has 0 radical (unpaired) electrons. The molecule has 112 valence electrons. The van der Waals surface area contributed by atoms with Gasteiger partial charge in [-0.1, -0.05) is 20.8 Å². The highest BCUT2D eigenvalue weighted by Crippen LogP contribution is 2.43. The van der Waals surface area contributed by atoms with Crippen molar-refractivity contribution >= 4 is 5.69 Å². The van der Waals surface area contributed by atoms with Crippen LogP contribution in [0.4, 0.5) is 10.1 Å². The lowest BCUT2D eigenvalue weighted by Crippen LogP contribution is -2.45. The molecule has 0 aliphatic carbocycles. The first-order chi connectivity index (χ1) is 9.22. The van der Waals surface area contributed by atoms with E-state index in [1.165, 1.54) is 5.56 Å². The Hall–Kier alpha value is -1.09. The maximum atomic E-state index is 14.3. The van der Waals surface area contributed by atoms with Crippen molar-refractivity contribution < 1.29 is 4.39 Å². The monoisotopic (exact) mass is 278 g/mol. The molecule has 0 bridgehead atoms. The Morgan fingerprint density at radius 1 is 1.40 bits per heavy atom. The summed E-state index contributed by atoms with van der Waals surface area (Å²) in [6.07, 6.45) is 1.10. The van der Waals surface area contributed by atoms with Crippen molar-refractivity contribution in [2.75, 3.05) is 11.9 Å². The van der Waals surface area contributed by atoms with Gasteiger partial charge in [-0.2, -0.15) is 0 Å². The summed E-state index contributed by atoms with van der Waals surface area (Å²) in [5.41, 5.74) is 3.17. The van der Waals surface area contributed by atoms with Crippen molar-refractivity contribution in [1.29, 1.82) is 0 Å². The lowest BCUT2D eigenvalue weighted by Gasteiger charge is -2.45. The van der Waals surface area contributed by atoms with Crippen molar-refractivity contribution in [3.8, 4) is 0 Å². The molecule has 20 heavy (non-hydrogen) atoms. The summed E-state index contributed by atoms with van der Waals surface area (Å²) in [5, 5.41) is 3.30. The van der Waals surface area contributed by atoms with Crippen molar-refractivity contribution in [1.82, 2.24) is 5.32 Å². The minimum atomic E-state index is -0.103. The number of hydrogen-bond acceptors (Lipinski definition) is 2. The Labute approximate surface area is 122 Å². The van der Waals surface area contributed by atoms with Crippen LogP contribution in [0.25, 0.3) is 0 Å². The van der Waals surface area contributed by atoms with Gasteiger partial charge in [-0.25, -0.2) is 4.39 Å². The summed E-state index contributed by atoms with van der Waals surface area (Å²) in [4.78, 5) is 2.21. The molecule has 2 nitrogen and oxygen atoms in total. The Morgan fingerprint density at radius 3 is 2.65 bits per heavy atom. The molecule has 1 aromatic rings. The van der Waals surface area contributed by atoms with E-state index in [1.54, 1.807) is 6.07 Å². The average Bonchev–Trinajstić information content (AvgIpc) is 2.33. The molecule has 0 unspecified atom stereocenters. The molecule has 0 amide bonds. The van der Waals surface area contributed by atoms with E-state index < -0.39 is 0 Å². The van der Waals surface area contributed by atoms with Gasteiger partial charge in [0.2, 0.25) is 0 Å². The van der Waals surface area contributed by atoms with Crippen LogP contribution in [0.3, 0.4) is 0 Å². The summed E-state index contributed by atoms with van der Waals surface area (Å²) < 4.78 is 14.3. The molecule has 0 saturated heterocycles. The second-order valence-electron chi connectivity index (χ2n) is 7.01. The molecular weight excluding hydrogens is 251 g/mol. The molecule has 1 aliphatic rings. The van der Waals surface area contributed by atoms with Crippen LogP contribution in [-0.4, -0.2) is 18.6 Å². The van der Waals surface area contributed by atoms with Crippen molar-refractivity contribution in [3.05, 3.63) is 29.1 Å². The highest BCUT2D eigenvalue weighted by atomic mass is 19.1. The predicted molar refractivity (Wildman–Crippen MR) is 83.9 cm³/mol. The van der Waals surface area contributed by atoms with Crippen LogP contribution in [0.1, 0.15) is 58.1 Å². The summed E-state index contributed by atoms with van der Waals surface area (Å²) >= 11 is 0. The van der Waals surface area contributed by atoms with E-state index >= 15 is 0 Å². The van der Waals surface area contributed by atoms with Crippen LogP contribution in [0.5, 0.6) is 0 Å². The first kappa shape index (κ1) is 15.3. The molecule has 3 heteroatoms. The lowest BCUT2D eigenvalue weighted by molar-refractivity contribution is 0.393. The van der Waals surface area contributed by atoms with Gasteiger partial charge in [0, 0.05) is 36.4 Å². The van der Waals surface area contributed by atoms with Crippen LogP contribution in [0, 0.1) is 5.82 Å². The molecule has 0 fully saturated rings. The van der Waals surface area contributed by atoms with Gasteiger partial charge in [0.15, 0.2) is 0 Å². The fourth-order valence-electron chi connectivity index (χ4n) is 3.08. The molecule has 0 saturated carbocycles. The van der Waals surface area contributed by atoms with Gasteiger partial charge in [-0.15, -0.1) is 0 Å². The predicted octanol–water partition coefficient (Wildman–Crippen LogP) is 4.05. The first-order valence-corrected chi connectivity index (χ1v) is 7.52. The number of nitrogens with zero attached hydrogens (tertiary/aromatic N) is 1. The maximum absolute atomic E-state index is 14.3. The molecule has 1 atom stereocenters. The smallest absolute Gasteiger partial charge is 0.129 e. The van der Waals surface area contributed by atoms with Gasteiger partial charge in [0.05, 0.1) is 0 Å². The number of fused-ring (bicyclic) bond motifs is 1. The Kier molecular flexibility index (Phi) is 4.10. The number of nitrogens with one attached hydrogen (secondary N) is 1. The molecule has 1 aliphatic heterocycles. The minimum Gasteiger partial charge on any atom is -0.369 e. The molecular formula is C17H27FN2. The number of anilines is 1. The van der Waals surface area contributed by atoms with Crippen LogP contribution in [0.15, 0.2) is 12.1 Å². The maximum Gasteiger partial charge on any atom is 0.129 e. The fraction of sp³-hybridized carbons (Fsp3) is 0.647. The zero-order valence-corrected chi connectivity index (χ0v) is 13.5. The van der Waals surface area contributed by atoms with E-state index in [1.807, 2.05) is 0 Å². The molecule has 1 heterocycles. The fourth-order valence-corrected chi connectivity index (χ4v) is 3.08. The van der Waals surface area contributed by atoms with E-state index in [2.05, 4.69) is 57.9 Å². The number of halogens is 1. The zero-order valence-electron chi connectivity index (χ0n) is 13.5. The van der Waals surface area contributed by atoms with Crippen LogP contribution >= 0.6 is 0 Å². The van der Waals surface area contributed by atoms with Crippen LogP contribution in [0.2, 0.25) is 0 Å². The van der Waals surface area contributed by atoms with Gasteiger partial charge in [-0.05, 0) is 43.9 Å². The molecule has 0 aromatic heterocycles. The lowest BCUT2D eigenvalue weighted by atomic mass is 9.80. The second kappa shape index (κ2) is 5.36. The van der Waals surface area contributed by atoms with Crippen LogP contribution in [-0.2, 0) is 6.54 Å². The van der Waals surface area contributed by atoms with Gasteiger partial charge in [0.1, 0.15) is 5.82 Å². The van der Waals surface area contributed by atoms with Crippen molar-refractivity contribution in [2.45, 2.75) is 65.1 Å². The number of hydrogen-bond donors (Lipinski definition) is 1. The van der Waals surface area contributed by atoms with Gasteiger partial charge >= 0.3 is 0 Å². The number of benzene rings is 1. The van der Waals surface area contributed by atoms with E-state index in [-0.39, 0.29) is 11.4 Å². The normalized spacial score (nSPS) is 21.2. The van der Waals surface area contributed by atoms with E-state index in [4.69, 9.17) is 0 Å². The third-order valence-electron chi connectivity index (χ3n) is 4.50. The quantitative estimate of drug-likeness (QED) is 0.897. The Bertz CT molecular complexity index is 494. The van der Waals surface area contributed by atoms with Crippen LogP contribution < -0.4 is 10.2 Å². The third-order valence-corrected chi connectivity index (χ3v) is 4.50. The molecule has 0 spiro atoms. The molecule has 2 rings (SSSR count). The molecule has 1 N–H and O–H groups in total.